The summed E-state index contributed by atoms with van der Waals surface area (Å²) >= 11 is 0. The lowest BCUT2D eigenvalue weighted by molar-refractivity contribution is -0.132. The molecule has 1 aromatic carbocycles. The summed E-state index contributed by atoms with van der Waals surface area (Å²) in [5.74, 6) is 1.60. The number of carbonyl (C=O) groups is 2. The van der Waals surface area contributed by atoms with Gasteiger partial charge in [0, 0.05) is 38.2 Å². The highest BCUT2D eigenvalue weighted by atomic mass is 16.5. The lowest BCUT2D eigenvalue weighted by Gasteiger charge is -2.35. The average Bonchev–Trinajstić information content (AvgIpc) is 3.19. The number of rotatable bonds is 5. The third-order valence-electron chi connectivity index (χ3n) is 5.50. The molecule has 2 aliphatic heterocycles. The smallest absolute Gasteiger partial charge is 0.254 e. The highest BCUT2D eigenvalue weighted by Crippen LogP contribution is 2.21. The van der Waals surface area contributed by atoms with Gasteiger partial charge >= 0.3 is 0 Å². The fourth-order valence-electron chi connectivity index (χ4n) is 3.74. The van der Waals surface area contributed by atoms with Gasteiger partial charge in [-0.15, -0.1) is 0 Å². The Kier molecular flexibility index (Phi) is 6.14. The van der Waals surface area contributed by atoms with Crippen molar-refractivity contribution in [3.63, 3.8) is 0 Å². The molecule has 2 amide bonds. The molecule has 0 aliphatic carbocycles. The van der Waals surface area contributed by atoms with Crippen LogP contribution in [0.3, 0.4) is 0 Å². The van der Waals surface area contributed by atoms with E-state index in [2.05, 4.69) is 5.32 Å². The number of carbonyl (C=O) groups excluding carboxylic acids is 2. The number of nitrogens with one attached hydrogen (secondary N) is 1. The third kappa shape index (κ3) is 4.36. The Hall–Kier alpha value is -2.08. The molecule has 26 heavy (non-hydrogen) atoms. The summed E-state index contributed by atoms with van der Waals surface area (Å²) < 4.78 is 5.31. The first-order valence-electron chi connectivity index (χ1n) is 9.51. The van der Waals surface area contributed by atoms with Crippen LogP contribution in [0.15, 0.2) is 18.2 Å². The van der Waals surface area contributed by atoms with Crippen LogP contribution >= 0.6 is 0 Å². The normalized spacial score (nSPS) is 20.3. The van der Waals surface area contributed by atoms with Crippen LogP contribution in [0, 0.1) is 12.8 Å². The molecule has 6 nitrogen and oxygen atoms in total. The van der Waals surface area contributed by atoms with Gasteiger partial charge in [0.05, 0.1) is 7.11 Å². The predicted octanol–water partition coefficient (Wildman–Crippen LogP) is 1.68. The standard InChI is InChI=1S/C20H29N3O3/c1-15-3-5-17(13-18(15)26-2)20(25)23-11-9-22(10-12-23)19(24)6-4-16-7-8-21-14-16/h3,5,13,16,21H,4,6-12,14H2,1-2H3. The third-order valence-corrected chi connectivity index (χ3v) is 5.50. The highest BCUT2D eigenvalue weighted by Gasteiger charge is 2.26. The summed E-state index contributed by atoms with van der Waals surface area (Å²) in [7, 11) is 1.61. The van der Waals surface area contributed by atoms with E-state index in [4.69, 9.17) is 4.74 Å². The molecule has 1 N–H and O–H groups in total. The fourth-order valence-corrected chi connectivity index (χ4v) is 3.74. The van der Waals surface area contributed by atoms with Gasteiger partial charge in [-0.2, -0.15) is 0 Å². The van der Waals surface area contributed by atoms with Crippen LogP contribution in [0.2, 0.25) is 0 Å². The molecule has 0 bridgehead atoms. The molecule has 2 saturated heterocycles. The molecule has 142 valence electrons. The van der Waals surface area contributed by atoms with Gasteiger partial charge in [0.1, 0.15) is 5.75 Å². The summed E-state index contributed by atoms with van der Waals surface area (Å²) in [6.45, 7) is 6.49. The maximum atomic E-state index is 12.7. The average molecular weight is 359 g/mol. The van der Waals surface area contributed by atoms with Crippen molar-refractivity contribution in [3.8, 4) is 5.75 Å². The molecular formula is C20H29N3O3. The van der Waals surface area contributed by atoms with Crippen LogP contribution in [-0.4, -0.2) is 68.0 Å². The van der Waals surface area contributed by atoms with E-state index in [9.17, 15) is 9.59 Å². The number of hydrogen-bond donors (Lipinski definition) is 1. The van der Waals surface area contributed by atoms with E-state index in [1.54, 1.807) is 13.2 Å². The van der Waals surface area contributed by atoms with Gasteiger partial charge in [0.25, 0.3) is 5.91 Å². The van der Waals surface area contributed by atoms with Gasteiger partial charge in [-0.3, -0.25) is 9.59 Å². The van der Waals surface area contributed by atoms with Gasteiger partial charge in [-0.25, -0.2) is 0 Å². The molecule has 0 saturated carbocycles. The van der Waals surface area contributed by atoms with Crippen LogP contribution < -0.4 is 10.1 Å². The zero-order valence-corrected chi connectivity index (χ0v) is 15.8. The Morgan fingerprint density at radius 2 is 1.92 bits per heavy atom. The van der Waals surface area contributed by atoms with Crippen molar-refractivity contribution in [2.24, 2.45) is 5.92 Å². The molecule has 1 aromatic rings. The van der Waals surface area contributed by atoms with E-state index in [1.807, 2.05) is 28.9 Å². The first-order valence-corrected chi connectivity index (χ1v) is 9.51. The summed E-state index contributed by atoms with van der Waals surface area (Å²) in [4.78, 5) is 28.9. The van der Waals surface area contributed by atoms with Crippen molar-refractivity contribution in [2.75, 3.05) is 46.4 Å². The van der Waals surface area contributed by atoms with Crippen molar-refractivity contribution < 1.29 is 14.3 Å². The summed E-state index contributed by atoms with van der Waals surface area (Å²) in [6, 6.07) is 5.54. The molecular weight excluding hydrogens is 330 g/mol. The fraction of sp³-hybridized carbons (Fsp3) is 0.600. The molecule has 0 aromatic heterocycles. The minimum Gasteiger partial charge on any atom is -0.496 e. The van der Waals surface area contributed by atoms with E-state index in [0.29, 0.717) is 44.1 Å². The van der Waals surface area contributed by atoms with Crippen LogP contribution in [0.1, 0.15) is 35.2 Å². The van der Waals surface area contributed by atoms with Crippen molar-refractivity contribution in [3.05, 3.63) is 29.3 Å². The van der Waals surface area contributed by atoms with Crippen molar-refractivity contribution in [1.29, 1.82) is 0 Å². The molecule has 2 fully saturated rings. The maximum Gasteiger partial charge on any atom is 0.254 e. The van der Waals surface area contributed by atoms with Gasteiger partial charge in [-0.1, -0.05) is 6.07 Å². The Labute approximate surface area is 155 Å². The molecule has 1 unspecified atom stereocenters. The molecule has 0 spiro atoms. The molecule has 3 rings (SSSR count). The van der Waals surface area contributed by atoms with Crippen LogP contribution in [0.4, 0.5) is 0 Å². The Bertz CT molecular complexity index is 648. The summed E-state index contributed by atoms with van der Waals surface area (Å²) in [6.07, 6.45) is 2.76. The second-order valence-corrected chi connectivity index (χ2v) is 7.25. The number of methoxy groups -OCH3 is 1. The van der Waals surface area contributed by atoms with E-state index >= 15 is 0 Å². The zero-order valence-electron chi connectivity index (χ0n) is 15.8. The second-order valence-electron chi connectivity index (χ2n) is 7.25. The number of ether oxygens (including phenoxy) is 1. The van der Waals surface area contributed by atoms with E-state index < -0.39 is 0 Å². The van der Waals surface area contributed by atoms with Crippen molar-refractivity contribution >= 4 is 11.8 Å². The van der Waals surface area contributed by atoms with Crippen LogP contribution in [0.25, 0.3) is 0 Å². The largest absolute Gasteiger partial charge is 0.496 e. The summed E-state index contributed by atoms with van der Waals surface area (Å²) in [5.41, 5.74) is 1.65. The van der Waals surface area contributed by atoms with Crippen LogP contribution in [0.5, 0.6) is 5.75 Å². The minimum atomic E-state index is 0.00688. The van der Waals surface area contributed by atoms with E-state index in [1.165, 1.54) is 6.42 Å². The lowest BCUT2D eigenvalue weighted by Crippen LogP contribution is -2.50. The second kappa shape index (κ2) is 8.54. The molecule has 2 aliphatic rings. The molecule has 6 heteroatoms. The first kappa shape index (κ1) is 18.7. The zero-order chi connectivity index (χ0) is 18.5. The lowest BCUT2D eigenvalue weighted by atomic mass is 10.0. The monoisotopic (exact) mass is 359 g/mol. The first-order chi connectivity index (χ1) is 12.6. The van der Waals surface area contributed by atoms with Gasteiger partial charge < -0.3 is 19.9 Å². The SMILES string of the molecule is COc1cc(C(=O)N2CCN(C(=O)CCC3CCNC3)CC2)ccc1C. The van der Waals surface area contributed by atoms with Gasteiger partial charge in [0.2, 0.25) is 5.91 Å². The Balaban J connectivity index is 1.49. The number of nitrogens with zero attached hydrogens (tertiary/aromatic N) is 2. The van der Waals surface area contributed by atoms with Gasteiger partial charge in [0.15, 0.2) is 0 Å². The van der Waals surface area contributed by atoms with Gasteiger partial charge in [-0.05, 0) is 56.5 Å². The van der Waals surface area contributed by atoms with E-state index in [-0.39, 0.29) is 11.8 Å². The quantitative estimate of drug-likeness (QED) is 0.869. The minimum absolute atomic E-state index is 0.00688. The van der Waals surface area contributed by atoms with Crippen molar-refractivity contribution in [2.45, 2.75) is 26.2 Å². The molecule has 0 radical (unpaired) electrons. The van der Waals surface area contributed by atoms with E-state index in [0.717, 1.165) is 30.8 Å². The molecule has 2 heterocycles. The highest BCUT2D eigenvalue weighted by molar-refractivity contribution is 5.95. The number of hydrogen-bond acceptors (Lipinski definition) is 4. The Morgan fingerprint density at radius 3 is 2.58 bits per heavy atom. The topological polar surface area (TPSA) is 61.9 Å². The molecule has 1 atom stereocenters. The number of amides is 2. The number of piperazine rings is 1. The number of aryl methyl sites for hydroxylation is 1. The van der Waals surface area contributed by atoms with Crippen LogP contribution in [-0.2, 0) is 4.79 Å². The predicted molar refractivity (Wildman–Crippen MR) is 100 cm³/mol. The summed E-state index contributed by atoms with van der Waals surface area (Å²) in [5, 5.41) is 3.34. The number of benzene rings is 1. The Morgan fingerprint density at radius 1 is 1.19 bits per heavy atom. The van der Waals surface area contributed by atoms with Crippen molar-refractivity contribution in [1.82, 2.24) is 15.1 Å². The maximum absolute atomic E-state index is 12.7.